The van der Waals surface area contributed by atoms with Crippen molar-refractivity contribution < 1.29 is 17.9 Å². The van der Waals surface area contributed by atoms with Crippen molar-refractivity contribution in [1.29, 1.82) is 5.26 Å². The number of carbonyl (C=O) groups is 1. The summed E-state index contributed by atoms with van der Waals surface area (Å²) in [6.45, 7) is 0. The largest absolute Gasteiger partial charge is 0.469 e. The van der Waals surface area contributed by atoms with Crippen LogP contribution in [0.2, 0.25) is 0 Å². The molecule has 1 rings (SSSR count). The van der Waals surface area contributed by atoms with E-state index in [2.05, 4.69) is 4.74 Å². The highest BCUT2D eigenvalue weighted by atomic mass is 32.2. The van der Waals surface area contributed by atoms with Crippen molar-refractivity contribution in [3.8, 4) is 6.07 Å². The fourth-order valence-electron chi connectivity index (χ4n) is 1.67. The van der Waals surface area contributed by atoms with E-state index in [9.17, 15) is 13.2 Å². The van der Waals surface area contributed by atoms with Crippen molar-refractivity contribution in [3.05, 3.63) is 0 Å². The van der Waals surface area contributed by atoms with Crippen LogP contribution in [-0.2, 0) is 19.4 Å². The summed E-state index contributed by atoms with van der Waals surface area (Å²) in [6, 6.07) is 1.81. The summed E-state index contributed by atoms with van der Waals surface area (Å²) in [5.74, 6) is -0.489. The molecule has 1 saturated carbocycles. The lowest BCUT2D eigenvalue weighted by atomic mass is 10.1. The fraction of sp³-hybridized carbons (Fsp3) is 0.800. The van der Waals surface area contributed by atoms with Gasteiger partial charge in [0, 0.05) is 6.42 Å². The minimum atomic E-state index is -3.22. The maximum atomic E-state index is 11.6. The molecule has 0 saturated heterocycles. The minimum absolute atomic E-state index is 0.00319. The van der Waals surface area contributed by atoms with Gasteiger partial charge in [-0.3, -0.25) is 4.79 Å². The summed E-state index contributed by atoms with van der Waals surface area (Å²) >= 11 is 0. The Morgan fingerprint density at radius 3 is 2.56 bits per heavy atom. The monoisotopic (exact) mass is 245 g/mol. The van der Waals surface area contributed by atoms with Crippen LogP contribution in [0.3, 0.4) is 0 Å². The second-order valence-electron chi connectivity index (χ2n) is 4.25. The highest BCUT2D eigenvalue weighted by Gasteiger charge is 2.47. The van der Waals surface area contributed by atoms with E-state index in [1.165, 1.54) is 7.11 Å². The quantitative estimate of drug-likeness (QED) is 0.642. The Hall–Kier alpha value is -1.09. The lowest BCUT2D eigenvalue weighted by molar-refractivity contribution is -0.141. The number of hydrogen-bond acceptors (Lipinski definition) is 5. The predicted molar refractivity (Wildman–Crippen MR) is 57.2 cm³/mol. The molecular formula is C10H15NO4S. The lowest BCUT2D eigenvalue weighted by Crippen LogP contribution is -2.23. The van der Waals surface area contributed by atoms with Gasteiger partial charge in [-0.25, -0.2) is 8.42 Å². The van der Waals surface area contributed by atoms with Crippen molar-refractivity contribution in [2.24, 2.45) is 5.41 Å². The van der Waals surface area contributed by atoms with Gasteiger partial charge in [-0.05, 0) is 18.3 Å². The number of nitriles is 1. The number of ether oxygens (including phenoxy) is 1. The van der Waals surface area contributed by atoms with Gasteiger partial charge in [0.25, 0.3) is 0 Å². The maximum Gasteiger partial charge on any atom is 0.306 e. The molecular weight excluding hydrogens is 230 g/mol. The van der Waals surface area contributed by atoms with Crippen molar-refractivity contribution >= 4 is 15.8 Å². The summed E-state index contributed by atoms with van der Waals surface area (Å²) in [7, 11) is -1.93. The minimum Gasteiger partial charge on any atom is -0.469 e. The molecule has 0 amide bonds. The van der Waals surface area contributed by atoms with E-state index in [-0.39, 0.29) is 30.3 Å². The van der Waals surface area contributed by atoms with Crippen LogP contribution in [-0.4, -0.2) is 33.0 Å². The molecule has 0 aliphatic heterocycles. The second kappa shape index (κ2) is 4.83. The van der Waals surface area contributed by atoms with Gasteiger partial charge in [0.15, 0.2) is 9.84 Å². The Morgan fingerprint density at radius 2 is 2.12 bits per heavy atom. The lowest BCUT2D eigenvalue weighted by Gasteiger charge is -2.13. The molecule has 0 N–H and O–H groups in total. The first-order valence-corrected chi connectivity index (χ1v) is 6.89. The number of sulfone groups is 1. The fourth-order valence-corrected chi connectivity index (χ4v) is 3.54. The van der Waals surface area contributed by atoms with E-state index in [0.717, 1.165) is 12.8 Å². The zero-order valence-electron chi connectivity index (χ0n) is 9.23. The van der Waals surface area contributed by atoms with Crippen LogP contribution in [0.25, 0.3) is 0 Å². The molecule has 5 nitrogen and oxygen atoms in total. The molecule has 90 valence electrons. The second-order valence-corrected chi connectivity index (χ2v) is 6.44. The van der Waals surface area contributed by atoms with Gasteiger partial charge in [-0.15, -0.1) is 0 Å². The molecule has 0 spiro atoms. The van der Waals surface area contributed by atoms with Crippen LogP contribution in [0.4, 0.5) is 0 Å². The molecule has 0 bridgehead atoms. The summed E-state index contributed by atoms with van der Waals surface area (Å²) in [5, 5.41) is 8.34. The third-order valence-corrected chi connectivity index (χ3v) is 4.63. The first kappa shape index (κ1) is 13.0. The predicted octanol–water partition coefficient (Wildman–Crippen LogP) is 0.658. The highest BCUT2D eigenvalue weighted by molar-refractivity contribution is 7.91. The van der Waals surface area contributed by atoms with Gasteiger partial charge in [0.2, 0.25) is 0 Å². The molecule has 6 heteroatoms. The van der Waals surface area contributed by atoms with Crippen LogP contribution in [0, 0.1) is 16.7 Å². The van der Waals surface area contributed by atoms with Crippen LogP contribution in [0.1, 0.15) is 25.7 Å². The van der Waals surface area contributed by atoms with Crippen LogP contribution in [0.15, 0.2) is 0 Å². The summed E-state index contributed by atoms with van der Waals surface area (Å²) in [4.78, 5) is 11.1. The molecule has 0 radical (unpaired) electrons. The molecule has 1 aliphatic carbocycles. The van der Waals surface area contributed by atoms with Gasteiger partial charge in [0.05, 0.1) is 31.1 Å². The smallest absolute Gasteiger partial charge is 0.306 e. The summed E-state index contributed by atoms with van der Waals surface area (Å²) < 4.78 is 27.8. The first-order chi connectivity index (χ1) is 7.43. The van der Waals surface area contributed by atoms with Gasteiger partial charge in [-0.1, -0.05) is 0 Å². The van der Waals surface area contributed by atoms with Crippen LogP contribution >= 0.6 is 0 Å². The Balaban J connectivity index is 2.54. The average Bonchev–Trinajstić information content (AvgIpc) is 2.93. The Labute approximate surface area is 95.3 Å². The normalized spacial score (nSPS) is 17.5. The number of rotatable bonds is 6. The van der Waals surface area contributed by atoms with Crippen molar-refractivity contribution in [3.63, 3.8) is 0 Å². The zero-order chi connectivity index (χ0) is 12.2. The average molecular weight is 245 g/mol. The number of nitrogens with zero attached hydrogens (tertiary/aromatic N) is 1. The molecule has 0 atom stereocenters. The van der Waals surface area contributed by atoms with Crippen molar-refractivity contribution in [1.82, 2.24) is 0 Å². The van der Waals surface area contributed by atoms with Crippen molar-refractivity contribution in [2.45, 2.75) is 25.7 Å². The van der Waals surface area contributed by atoms with Gasteiger partial charge >= 0.3 is 5.97 Å². The van der Waals surface area contributed by atoms with Gasteiger partial charge < -0.3 is 4.74 Å². The number of methoxy groups -OCH3 is 1. The molecule has 1 fully saturated rings. The van der Waals surface area contributed by atoms with E-state index < -0.39 is 15.3 Å². The third-order valence-electron chi connectivity index (χ3n) is 2.76. The summed E-state index contributed by atoms with van der Waals surface area (Å²) in [5.41, 5.74) is -0.415. The standard InChI is InChI=1S/C10H15NO4S/c1-15-9(12)7-10(3-4-10)8-16(13,14)6-2-5-11/h2-4,6-8H2,1H3. The van der Waals surface area contributed by atoms with E-state index in [1.54, 1.807) is 0 Å². The van der Waals surface area contributed by atoms with Gasteiger partial charge in [0.1, 0.15) is 0 Å². The molecule has 0 aromatic heterocycles. The van der Waals surface area contributed by atoms with E-state index >= 15 is 0 Å². The van der Waals surface area contributed by atoms with E-state index in [1.807, 2.05) is 6.07 Å². The number of esters is 1. The zero-order valence-corrected chi connectivity index (χ0v) is 10.0. The number of carbonyl (C=O) groups excluding carboxylic acids is 1. The summed E-state index contributed by atoms with van der Waals surface area (Å²) in [6.07, 6.45) is 1.66. The molecule has 0 unspecified atom stereocenters. The highest BCUT2D eigenvalue weighted by Crippen LogP contribution is 2.50. The van der Waals surface area contributed by atoms with E-state index in [0.29, 0.717) is 0 Å². The molecule has 16 heavy (non-hydrogen) atoms. The van der Waals surface area contributed by atoms with Crippen molar-refractivity contribution in [2.75, 3.05) is 18.6 Å². The molecule has 0 aromatic carbocycles. The SMILES string of the molecule is COC(=O)CC1(CS(=O)(=O)CCC#N)CC1. The Morgan fingerprint density at radius 1 is 1.50 bits per heavy atom. The van der Waals surface area contributed by atoms with Gasteiger partial charge in [-0.2, -0.15) is 5.26 Å². The molecule has 1 aliphatic rings. The van der Waals surface area contributed by atoms with E-state index in [4.69, 9.17) is 5.26 Å². The maximum absolute atomic E-state index is 11.6. The Bertz CT molecular complexity index is 403. The Kier molecular flexibility index (Phi) is 3.92. The molecule has 0 aromatic rings. The number of hydrogen-bond donors (Lipinski definition) is 0. The topological polar surface area (TPSA) is 84.2 Å². The van der Waals surface area contributed by atoms with Crippen LogP contribution in [0.5, 0.6) is 0 Å². The van der Waals surface area contributed by atoms with Crippen LogP contribution < -0.4 is 0 Å². The first-order valence-electron chi connectivity index (χ1n) is 5.07. The molecule has 0 heterocycles. The third kappa shape index (κ3) is 3.81.